The molecular formula is C17H23F2N2P. The van der Waals surface area contributed by atoms with Crippen molar-refractivity contribution in [2.45, 2.75) is 51.9 Å². The predicted octanol–water partition coefficient (Wildman–Crippen LogP) is 4.85. The molecule has 0 bridgehead atoms. The van der Waals surface area contributed by atoms with Crippen LogP contribution in [-0.2, 0) is 0 Å². The molecule has 0 N–H and O–H groups in total. The molecule has 0 aliphatic heterocycles. The third-order valence-electron chi connectivity index (χ3n) is 3.34. The van der Waals surface area contributed by atoms with E-state index in [0.29, 0.717) is 0 Å². The first-order valence-electron chi connectivity index (χ1n) is 7.31. The fraction of sp³-hybridized carbons (Fsp3) is 0.471. The largest absolute Gasteiger partial charge is 0.295 e. The Hall–Kier alpha value is -1.28. The van der Waals surface area contributed by atoms with Crippen LogP contribution in [0.5, 0.6) is 0 Å². The van der Waals surface area contributed by atoms with E-state index in [1.54, 1.807) is 17.0 Å². The van der Waals surface area contributed by atoms with Crippen LogP contribution in [0.15, 0.2) is 30.6 Å². The van der Waals surface area contributed by atoms with E-state index < -0.39 is 19.6 Å². The molecule has 0 radical (unpaired) electrons. The number of rotatable bonds is 2. The van der Waals surface area contributed by atoms with Crippen LogP contribution >= 0.6 is 7.92 Å². The molecule has 0 atom stereocenters. The topological polar surface area (TPSA) is 17.8 Å². The monoisotopic (exact) mass is 324 g/mol. The molecule has 0 saturated carbocycles. The molecule has 2 rings (SSSR count). The van der Waals surface area contributed by atoms with Crippen LogP contribution in [0.3, 0.4) is 0 Å². The number of nitrogens with zero attached hydrogens (tertiary/aromatic N) is 2. The van der Waals surface area contributed by atoms with E-state index >= 15 is 0 Å². The van der Waals surface area contributed by atoms with E-state index in [2.05, 4.69) is 46.5 Å². The predicted molar refractivity (Wildman–Crippen MR) is 89.5 cm³/mol. The van der Waals surface area contributed by atoms with E-state index in [-0.39, 0.29) is 16.0 Å². The van der Waals surface area contributed by atoms with Gasteiger partial charge in [-0.15, -0.1) is 0 Å². The Kier molecular flexibility index (Phi) is 4.45. The minimum absolute atomic E-state index is 0.0293. The Morgan fingerprint density at radius 2 is 1.45 bits per heavy atom. The van der Waals surface area contributed by atoms with Crippen LogP contribution in [-0.4, -0.2) is 19.9 Å². The summed E-state index contributed by atoms with van der Waals surface area (Å²) in [7, 11) is -0.751. The number of hydrogen-bond acceptors (Lipinski definition) is 1. The zero-order valence-electron chi connectivity index (χ0n) is 14.0. The summed E-state index contributed by atoms with van der Waals surface area (Å²) in [6.45, 7) is 12.9. The summed E-state index contributed by atoms with van der Waals surface area (Å²) in [5, 5.41) is -0.0587. The molecule has 1 aromatic carbocycles. The van der Waals surface area contributed by atoms with Crippen molar-refractivity contribution >= 4 is 13.5 Å². The molecule has 2 nitrogen and oxygen atoms in total. The van der Waals surface area contributed by atoms with E-state index in [0.717, 1.165) is 5.57 Å². The third kappa shape index (κ3) is 3.22. The van der Waals surface area contributed by atoms with Gasteiger partial charge in [0.2, 0.25) is 0 Å². The summed E-state index contributed by atoms with van der Waals surface area (Å²) in [6, 6.07) is 3.93. The highest BCUT2D eigenvalue weighted by Gasteiger charge is 2.39. The Morgan fingerprint density at radius 1 is 0.955 bits per heavy atom. The van der Waals surface area contributed by atoms with Crippen LogP contribution in [0.25, 0.3) is 5.69 Å². The molecule has 22 heavy (non-hydrogen) atoms. The van der Waals surface area contributed by atoms with Crippen molar-refractivity contribution in [2.24, 2.45) is 0 Å². The van der Waals surface area contributed by atoms with Crippen molar-refractivity contribution in [1.82, 2.24) is 9.55 Å². The molecule has 0 aliphatic rings. The van der Waals surface area contributed by atoms with E-state index in [4.69, 9.17) is 0 Å². The summed E-state index contributed by atoms with van der Waals surface area (Å²) in [5.74, 6) is -1.14. The van der Waals surface area contributed by atoms with Crippen molar-refractivity contribution in [2.75, 3.05) is 0 Å². The van der Waals surface area contributed by atoms with Crippen LogP contribution in [0.2, 0.25) is 0 Å². The second-order valence-corrected chi connectivity index (χ2v) is 11.1. The van der Waals surface area contributed by atoms with Crippen molar-refractivity contribution in [3.05, 3.63) is 42.2 Å². The first-order valence-corrected chi connectivity index (χ1v) is 8.65. The quantitative estimate of drug-likeness (QED) is 0.722. The Morgan fingerprint density at radius 3 is 1.91 bits per heavy atom. The third-order valence-corrected chi connectivity index (χ3v) is 6.76. The fourth-order valence-corrected chi connectivity index (χ4v) is 6.74. The molecule has 0 saturated heterocycles. The minimum atomic E-state index is -0.751. The molecule has 2 aromatic rings. The highest BCUT2D eigenvalue weighted by molar-refractivity contribution is 7.68. The Labute approximate surface area is 132 Å². The smallest absolute Gasteiger partial charge is 0.150 e. The highest BCUT2D eigenvalue weighted by atomic mass is 31.1. The normalized spacial score (nSPS) is 13.0. The zero-order valence-corrected chi connectivity index (χ0v) is 14.9. The van der Waals surface area contributed by atoms with Gasteiger partial charge in [0, 0.05) is 12.4 Å². The summed E-state index contributed by atoms with van der Waals surface area (Å²) in [6.07, 6.45) is 3.26. The number of benzene rings is 1. The van der Waals surface area contributed by atoms with E-state index in [1.807, 2.05) is 0 Å². The van der Waals surface area contributed by atoms with Crippen LogP contribution < -0.4 is 5.57 Å². The van der Waals surface area contributed by atoms with Gasteiger partial charge in [0.1, 0.15) is 22.9 Å². The van der Waals surface area contributed by atoms with Gasteiger partial charge < -0.3 is 0 Å². The lowest BCUT2D eigenvalue weighted by Gasteiger charge is -2.40. The molecule has 0 fully saturated rings. The number of imidazole rings is 1. The zero-order chi connectivity index (χ0) is 16.7. The molecule has 5 heteroatoms. The van der Waals surface area contributed by atoms with Crippen molar-refractivity contribution in [1.29, 1.82) is 0 Å². The van der Waals surface area contributed by atoms with Gasteiger partial charge in [0.25, 0.3) is 0 Å². The van der Waals surface area contributed by atoms with Crippen molar-refractivity contribution < 1.29 is 8.78 Å². The number of halogens is 2. The summed E-state index contributed by atoms with van der Waals surface area (Å²) in [4.78, 5) is 4.47. The summed E-state index contributed by atoms with van der Waals surface area (Å²) < 4.78 is 29.9. The lowest BCUT2D eigenvalue weighted by Crippen LogP contribution is -2.35. The molecular weight excluding hydrogens is 301 g/mol. The van der Waals surface area contributed by atoms with Crippen LogP contribution in [0.1, 0.15) is 41.5 Å². The van der Waals surface area contributed by atoms with Gasteiger partial charge in [-0.2, -0.15) is 0 Å². The molecule has 0 spiro atoms. The highest BCUT2D eigenvalue weighted by Crippen LogP contribution is 2.58. The average molecular weight is 324 g/mol. The van der Waals surface area contributed by atoms with Crippen molar-refractivity contribution in [3.63, 3.8) is 0 Å². The molecule has 0 amide bonds. The second-order valence-electron chi connectivity index (χ2n) is 7.34. The van der Waals surface area contributed by atoms with Gasteiger partial charge in [-0.3, -0.25) is 4.57 Å². The summed E-state index contributed by atoms with van der Waals surface area (Å²) >= 11 is 0. The molecule has 1 aromatic heterocycles. The molecule has 1 heterocycles. The number of aromatic nitrogens is 2. The molecule has 120 valence electrons. The Bertz CT molecular complexity index is 632. The van der Waals surface area contributed by atoms with Gasteiger partial charge >= 0.3 is 0 Å². The lowest BCUT2D eigenvalue weighted by molar-refractivity contribution is 0.570. The number of para-hydroxylation sites is 1. The maximum Gasteiger partial charge on any atom is 0.150 e. The first kappa shape index (κ1) is 17.1. The maximum absolute atomic E-state index is 14.2. The van der Waals surface area contributed by atoms with Crippen LogP contribution in [0, 0.1) is 11.6 Å². The fourth-order valence-electron chi connectivity index (χ4n) is 2.96. The average Bonchev–Trinajstić information content (AvgIpc) is 2.73. The van der Waals surface area contributed by atoms with Gasteiger partial charge in [0.05, 0.1) is 0 Å². The van der Waals surface area contributed by atoms with Gasteiger partial charge in [-0.1, -0.05) is 47.6 Å². The van der Waals surface area contributed by atoms with E-state index in [9.17, 15) is 8.78 Å². The molecule has 0 aliphatic carbocycles. The van der Waals surface area contributed by atoms with Gasteiger partial charge in [0.15, 0.2) is 0 Å². The van der Waals surface area contributed by atoms with E-state index in [1.165, 1.54) is 18.2 Å². The van der Waals surface area contributed by atoms with Gasteiger partial charge in [-0.05, 0) is 30.4 Å². The SMILES string of the molecule is CC(C)(C)P(c1nccn1-c1c(F)cccc1F)C(C)(C)C. The first-order chi connectivity index (χ1) is 10.0. The summed E-state index contributed by atoms with van der Waals surface area (Å²) in [5.41, 5.74) is 0.704. The minimum Gasteiger partial charge on any atom is -0.295 e. The lowest BCUT2D eigenvalue weighted by atomic mass is 10.2. The van der Waals surface area contributed by atoms with Gasteiger partial charge in [-0.25, -0.2) is 13.8 Å². The Balaban J connectivity index is 2.68. The van der Waals surface area contributed by atoms with Crippen molar-refractivity contribution in [3.8, 4) is 5.69 Å². The second kappa shape index (κ2) is 5.73. The maximum atomic E-state index is 14.2. The molecule has 0 unspecified atom stereocenters. The van der Waals surface area contributed by atoms with Crippen LogP contribution in [0.4, 0.5) is 8.78 Å². The standard InChI is InChI=1S/C17H23F2N2P/c1-16(2,3)22(17(4,5)6)15-20-10-11-21(15)14-12(18)8-7-9-13(14)19/h7-11H,1-6H3. The number of hydrogen-bond donors (Lipinski definition) is 0.